The average Bonchev–Trinajstić information content (AvgIpc) is 2.94. The van der Waals surface area contributed by atoms with Crippen LogP contribution in [0.5, 0.6) is 11.5 Å². The second-order valence-electron chi connectivity index (χ2n) is 9.29. The van der Waals surface area contributed by atoms with Crippen LogP contribution in [-0.2, 0) is 9.53 Å². The van der Waals surface area contributed by atoms with E-state index >= 15 is 4.39 Å². The van der Waals surface area contributed by atoms with Crippen LogP contribution in [0.3, 0.4) is 0 Å². The Labute approximate surface area is 226 Å². The highest BCUT2D eigenvalue weighted by Crippen LogP contribution is 2.38. The molecule has 4 N–H and O–H groups in total. The summed E-state index contributed by atoms with van der Waals surface area (Å²) >= 11 is 0. The molecule has 12 heteroatoms. The lowest BCUT2D eigenvalue weighted by Crippen LogP contribution is -2.54. The molecule has 2 heterocycles. The summed E-state index contributed by atoms with van der Waals surface area (Å²) in [6, 6.07) is 9.87. The van der Waals surface area contributed by atoms with Crippen LogP contribution in [0.15, 0.2) is 30.3 Å². The third-order valence-electron chi connectivity index (χ3n) is 6.72. The van der Waals surface area contributed by atoms with Gasteiger partial charge in [-0.15, -0.1) is 0 Å². The summed E-state index contributed by atoms with van der Waals surface area (Å²) in [7, 11) is 2.94. The number of carbonyl (C=O) groups is 1. The topological polar surface area (TPSA) is 153 Å². The Kier molecular flexibility index (Phi) is 8.63. The summed E-state index contributed by atoms with van der Waals surface area (Å²) in [5.41, 5.74) is 13.8. The molecule has 1 amide bonds. The van der Waals surface area contributed by atoms with Crippen LogP contribution in [-0.4, -0.2) is 73.9 Å². The predicted molar refractivity (Wildman–Crippen MR) is 144 cm³/mol. The number of aromatic nitrogens is 2. The van der Waals surface area contributed by atoms with Gasteiger partial charge in [-0.3, -0.25) is 4.79 Å². The number of nitrogens with two attached hydrogens (primary N) is 2. The van der Waals surface area contributed by atoms with Crippen molar-refractivity contribution in [3.63, 3.8) is 0 Å². The van der Waals surface area contributed by atoms with Gasteiger partial charge in [0.1, 0.15) is 17.9 Å². The monoisotopic (exact) mass is 537 g/mol. The quantitative estimate of drug-likeness (QED) is 0.389. The van der Waals surface area contributed by atoms with E-state index in [9.17, 15) is 4.79 Å². The fourth-order valence-corrected chi connectivity index (χ4v) is 4.56. The summed E-state index contributed by atoms with van der Waals surface area (Å²) in [5, 5.41) is 9.28. The molecule has 2 unspecified atom stereocenters. The minimum absolute atomic E-state index is 0.0183. The number of anilines is 2. The Morgan fingerprint density at radius 2 is 1.97 bits per heavy atom. The van der Waals surface area contributed by atoms with Crippen molar-refractivity contribution in [1.29, 1.82) is 5.26 Å². The van der Waals surface area contributed by atoms with Gasteiger partial charge in [0.05, 0.1) is 25.3 Å². The maximum absolute atomic E-state index is 15.5. The standard InChI is InChI=1S/C27H32FN7O4/c1-16-15-34(22(36)13-20(30)18-6-4-17(14-29)5-7-18)8-9-35(16)27-32-24-19(26(31)33-27)12-21(38-3)25(23(24)28)39-11-10-37-2/h4-7,12,16,20H,8-11,13,15,30H2,1-3H3,(H2,31,32,33). The van der Waals surface area contributed by atoms with Crippen molar-refractivity contribution in [2.24, 2.45) is 5.73 Å². The molecule has 1 aliphatic rings. The summed E-state index contributed by atoms with van der Waals surface area (Å²) < 4.78 is 31.4. The van der Waals surface area contributed by atoms with E-state index in [0.29, 0.717) is 30.6 Å². The van der Waals surface area contributed by atoms with Crippen LogP contribution in [0.2, 0.25) is 0 Å². The Balaban J connectivity index is 1.50. The number of fused-ring (bicyclic) bond motifs is 1. The van der Waals surface area contributed by atoms with Gasteiger partial charge >= 0.3 is 0 Å². The Hall–Kier alpha value is -4.21. The third-order valence-corrected chi connectivity index (χ3v) is 6.72. The summed E-state index contributed by atoms with van der Waals surface area (Å²) in [5.74, 6) is -0.301. The van der Waals surface area contributed by atoms with E-state index in [4.69, 9.17) is 30.9 Å². The van der Waals surface area contributed by atoms with E-state index in [2.05, 4.69) is 16.0 Å². The van der Waals surface area contributed by atoms with Gasteiger partial charge in [0.2, 0.25) is 11.9 Å². The van der Waals surface area contributed by atoms with Gasteiger partial charge < -0.3 is 35.5 Å². The first-order valence-electron chi connectivity index (χ1n) is 12.5. The van der Waals surface area contributed by atoms with Crippen LogP contribution in [0.4, 0.5) is 16.2 Å². The molecule has 0 aliphatic carbocycles. The van der Waals surface area contributed by atoms with Crippen LogP contribution in [0.25, 0.3) is 10.9 Å². The Morgan fingerprint density at radius 3 is 2.62 bits per heavy atom. The van der Waals surface area contributed by atoms with E-state index in [-0.39, 0.29) is 60.4 Å². The zero-order valence-corrected chi connectivity index (χ0v) is 22.2. The highest BCUT2D eigenvalue weighted by Gasteiger charge is 2.30. The van der Waals surface area contributed by atoms with Crippen molar-refractivity contribution < 1.29 is 23.4 Å². The first kappa shape index (κ1) is 27.8. The van der Waals surface area contributed by atoms with Crippen molar-refractivity contribution in [2.75, 3.05) is 57.7 Å². The van der Waals surface area contributed by atoms with Gasteiger partial charge in [-0.25, -0.2) is 9.37 Å². The molecule has 1 aromatic heterocycles. The number of halogens is 1. The molecule has 0 bridgehead atoms. The molecule has 1 saturated heterocycles. The first-order valence-corrected chi connectivity index (χ1v) is 12.5. The van der Waals surface area contributed by atoms with E-state index in [1.807, 2.05) is 11.8 Å². The van der Waals surface area contributed by atoms with Crippen LogP contribution in [0.1, 0.15) is 30.5 Å². The van der Waals surface area contributed by atoms with Gasteiger partial charge in [-0.1, -0.05) is 12.1 Å². The van der Waals surface area contributed by atoms with Crippen LogP contribution >= 0.6 is 0 Å². The highest BCUT2D eigenvalue weighted by atomic mass is 19.1. The molecule has 206 valence electrons. The van der Waals surface area contributed by atoms with Gasteiger partial charge in [-0.2, -0.15) is 10.2 Å². The number of ether oxygens (including phenoxy) is 3. The number of nitrogens with zero attached hydrogens (tertiary/aromatic N) is 5. The van der Waals surface area contributed by atoms with Crippen molar-refractivity contribution >= 4 is 28.6 Å². The molecular formula is C27H32FN7O4. The molecule has 11 nitrogen and oxygen atoms in total. The molecule has 2 aromatic carbocycles. The van der Waals surface area contributed by atoms with E-state index in [0.717, 1.165) is 5.56 Å². The number of benzene rings is 2. The summed E-state index contributed by atoms with van der Waals surface area (Å²) in [6.45, 7) is 3.60. The van der Waals surface area contributed by atoms with E-state index in [1.54, 1.807) is 35.2 Å². The van der Waals surface area contributed by atoms with Crippen molar-refractivity contribution in [3.05, 3.63) is 47.3 Å². The zero-order chi connectivity index (χ0) is 28.1. The van der Waals surface area contributed by atoms with E-state index < -0.39 is 11.9 Å². The highest BCUT2D eigenvalue weighted by molar-refractivity contribution is 5.92. The summed E-state index contributed by atoms with van der Waals surface area (Å²) in [4.78, 5) is 25.6. The number of hydrogen-bond donors (Lipinski definition) is 2. The molecule has 0 spiro atoms. The molecular weight excluding hydrogens is 505 g/mol. The van der Waals surface area contributed by atoms with Crippen molar-refractivity contribution in [1.82, 2.24) is 14.9 Å². The Bertz CT molecular complexity index is 1380. The predicted octanol–water partition coefficient (Wildman–Crippen LogP) is 2.38. The largest absolute Gasteiger partial charge is 0.493 e. The number of methoxy groups -OCH3 is 2. The average molecular weight is 538 g/mol. The number of hydrogen-bond acceptors (Lipinski definition) is 10. The smallest absolute Gasteiger partial charge is 0.228 e. The summed E-state index contributed by atoms with van der Waals surface area (Å²) in [6.07, 6.45) is 0.136. The molecule has 39 heavy (non-hydrogen) atoms. The van der Waals surface area contributed by atoms with Gasteiger partial charge in [0.15, 0.2) is 17.3 Å². The maximum atomic E-state index is 15.5. The second-order valence-corrected chi connectivity index (χ2v) is 9.29. The van der Waals surface area contributed by atoms with Crippen LogP contribution in [0, 0.1) is 17.1 Å². The first-order chi connectivity index (χ1) is 18.8. The molecule has 1 aliphatic heterocycles. The third kappa shape index (κ3) is 5.94. The SMILES string of the molecule is COCCOc1c(OC)cc2c(N)nc(N3CCN(C(=O)CC(N)c4ccc(C#N)cc4)CC3C)nc2c1F. The van der Waals surface area contributed by atoms with Crippen LogP contribution < -0.4 is 25.8 Å². The molecule has 4 rings (SSSR count). The number of rotatable bonds is 9. The number of nitriles is 1. The second kappa shape index (κ2) is 12.1. The molecule has 2 atom stereocenters. The normalized spacial score (nSPS) is 16.2. The minimum atomic E-state index is -0.700. The van der Waals surface area contributed by atoms with E-state index in [1.165, 1.54) is 14.2 Å². The lowest BCUT2D eigenvalue weighted by atomic mass is 10.0. The fraction of sp³-hybridized carbons (Fsp3) is 0.407. The van der Waals surface area contributed by atoms with Gasteiger partial charge in [-0.05, 0) is 30.7 Å². The number of carbonyl (C=O) groups excluding carboxylic acids is 1. The minimum Gasteiger partial charge on any atom is -0.493 e. The lowest BCUT2D eigenvalue weighted by molar-refractivity contribution is -0.132. The fourth-order valence-electron chi connectivity index (χ4n) is 4.56. The van der Waals surface area contributed by atoms with Crippen molar-refractivity contribution in [3.8, 4) is 17.6 Å². The zero-order valence-electron chi connectivity index (χ0n) is 22.2. The molecule has 1 fully saturated rings. The molecule has 3 aromatic rings. The number of nitrogen functional groups attached to an aromatic ring is 1. The van der Waals surface area contributed by atoms with Crippen molar-refractivity contribution in [2.45, 2.75) is 25.4 Å². The molecule has 0 saturated carbocycles. The van der Waals surface area contributed by atoms with Gasteiger partial charge in [0, 0.05) is 50.6 Å². The molecule has 0 radical (unpaired) electrons. The Morgan fingerprint density at radius 1 is 1.23 bits per heavy atom. The van der Waals surface area contributed by atoms with Gasteiger partial charge in [0.25, 0.3) is 0 Å². The number of amides is 1. The maximum Gasteiger partial charge on any atom is 0.228 e. The number of piperazine rings is 1. The lowest BCUT2D eigenvalue weighted by Gasteiger charge is -2.40.